The number of fused-ring (bicyclic) bond motifs is 2. The maximum atomic E-state index is 12.2. The van der Waals surface area contributed by atoms with E-state index in [1.807, 2.05) is 30.3 Å². The molecule has 2 aromatic rings. The van der Waals surface area contributed by atoms with Crippen LogP contribution in [0.25, 0.3) is 0 Å². The van der Waals surface area contributed by atoms with Crippen LogP contribution in [0.3, 0.4) is 0 Å². The van der Waals surface area contributed by atoms with Crippen LogP contribution in [0.1, 0.15) is 29.9 Å². The number of carbonyl (C=O) groups is 1. The molecule has 2 bridgehead atoms. The number of oxazole rings is 1. The van der Waals surface area contributed by atoms with Crippen LogP contribution in [-0.2, 0) is 0 Å². The lowest BCUT2D eigenvalue weighted by Gasteiger charge is -2.20. The van der Waals surface area contributed by atoms with E-state index in [0.29, 0.717) is 17.8 Å². The minimum atomic E-state index is -0.290. The molecule has 6 heteroatoms. The molecule has 3 atom stereocenters. The van der Waals surface area contributed by atoms with Gasteiger partial charge in [0.15, 0.2) is 0 Å². The Labute approximate surface area is 127 Å². The summed E-state index contributed by atoms with van der Waals surface area (Å²) >= 11 is 0. The van der Waals surface area contributed by atoms with E-state index < -0.39 is 0 Å². The quantitative estimate of drug-likeness (QED) is 0.904. The summed E-state index contributed by atoms with van der Waals surface area (Å²) in [5.41, 5.74) is 0. The van der Waals surface area contributed by atoms with Crippen molar-refractivity contribution >= 4 is 5.91 Å². The first kappa shape index (κ1) is 13.3. The number of benzene rings is 1. The van der Waals surface area contributed by atoms with E-state index in [9.17, 15) is 4.79 Å². The van der Waals surface area contributed by atoms with Crippen molar-refractivity contribution in [2.24, 2.45) is 0 Å². The molecule has 2 saturated heterocycles. The van der Waals surface area contributed by atoms with Gasteiger partial charge in [0, 0.05) is 18.1 Å². The second kappa shape index (κ2) is 5.46. The van der Waals surface area contributed by atoms with Crippen LogP contribution in [0.15, 0.2) is 40.9 Å². The zero-order valence-electron chi connectivity index (χ0n) is 12.0. The fourth-order valence-electron chi connectivity index (χ4n) is 3.23. The van der Waals surface area contributed by atoms with Gasteiger partial charge in [-0.1, -0.05) is 18.2 Å². The average molecular weight is 299 g/mol. The molecule has 3 heterocycles. The highest BCUT2D eigenvalue weighted by Crippen LogP contribution is 2.28. The number of aromatic nitrogens is 1. The fraction of sp³-hybridized carbons (Fsp3) is 0.375. The summed E-state index contributed by atoms with van der Waals surface area (Å²) < 4.78 is 10.9. The molecule has 22 heavy (non-hydrogen) atoms. The Morgan fingerprint density at radius 3 is 2.91 bits per heavy atom. The van der Waals surface area contributed by atoms with E-state index in [4.69, 9.17) is 9.15 Å². The summed E-state index contributed by atoms with van der Waals surface area (Å²) in [5, 5.41) is 6.47. The molecule has 2 aliphatic rings. The van der Waals surface area contributed by atoms with E-state index in [0.717, 1.165) is 12.8 Å². The smallest absolute Gasteiger partial charge is 0.311 e. The predicted molar refractivity (Wildman–Crippen MR) is 78.8 cm³/mol. The highest BCUT2D eigenvalue weighted by atomic mass is 16.6. The molecule has 114 valence electrons. The van der Waals surface area contributed by atoms with Gasteiger partial charge in [-0.3, -0.25) is 4.79 Å². The number of hydrogen-bond donors (Lipinski definition) is 2. The minimum Gasteiger partial charge on any atom is -0.425 e. The van der Waals surface area contributed by atoms with E-state index >= 15 is 0 Å². The van der Waals surface area contributed by atoms with Crippen LogP contribution in [0.2, 0.25) is 0 Å². The van der Waals surface area contributed by atoms with Crippen molar-refractivity contribution < 1.29 is 13.9 Å². The van der Waals surface area contributed by atoms with Gasteiger partial charge in [0.1, 0.15) is 11.9 Å². The van der Waals surface area contributed by atoms with Crippen molar-refractivity contribution in [2.75, 3.05) is 0 Å². The molecule has 6 nitrogen and oxygen atoms in total. The third kappa shape index (κ3) is 2.57. The van der Waals surface area contributed by atoms with Crippen molar-refractivity contribution in [3.05, 3.63) is 42.4 Å². The molecule has 1 amide bonds. The highest BCUT2D eigenvalue weighted by Gasteiger charge is 2.40. The zero-order chi connectivity index (χ0) is 14.9. The van der Waals surface area contributed by atoms with Gasteiger partial charge < -0.3 is 19.8 Å². The van der Waals surface area contributed by atoms with Crippen LogP contribution in [-0.4, -0.2) is 29.0 Å². The number of ether oxygens (including phenoxy) is 1. The summed E-state index contributed by atoms with van der Waals surface area (Å²) in [6.45, 7) is 0. The van der Waals surface area contributed by atoms with Gasteiger partial charge in [0.05, 0.1) is 0 Å². The standard InChI is InChI=1S/C16H17N3O3/c20-15(19-13-8-10-6-7-12(13)18-10)16-17-9-14(22-16)21-11-4-2-1-3-5-11/h1-5,9-10,12-13,18H,6-8H2,(H,19,20). The first-order chi connectivity index (χ1) is 10.8. The van der Waals surface area contributed by atoms with Crippen molar-refractivity contribution in [3.8, 4) is 11.7 Å². The minimum absolute atomic E-state index is 0.0358. The second-order valence-corrected chi connectivity index (χ2v) is 5.76. The van der Waals surface area contributed by atoms with Crippen LogP contribution >= 0.6 is 0 Å². The fourth-order valence-corrected chi connectivity index (χ4v) is 3.23. The van der Waals surface area contributed by atoms with E-state index in [1.54, 1.807) is 0 Å². The molecule has 1 aromatic carbocycles. The highest BCUT2D eigenvalue weighted by molar-refractivity contribution is 5.90. The lowest BCUT2D eigenvalue weighted by molar-refractivity contribution is 0.0891. The number of amides is 1. The Kier molecular flexibility index (Phi) is 3.31. The third-order valence-electron chi connectivity index (χ3n) is 4.26. The summed E-state index contributed by atoms with van der Waals surface area (Å²) in [4.78, 5) is 16.2. The van der Waals surface area contributed by atoms with Crippen molar-refractivity contribution in [1.29, 1.82) is 0 Å². The van der Waals surface area contributed by atoms with Crippen LogP contribution in [0, 0.1) is 0 Å². The van der Waals surface area contributed by atoms with Crippen molar-refractivity contribution in [1.82, 2.24) is 15.6 Å². The van der Waals surface area contributed by atoms with Gasteiger partial charge in [-0.25, -0.2) is 4.98 Å². The summed E-state index contributed by atoms with van der Waals surface area (Å²) in [6, 6.07) is 10.3. The number of para-hydroxylation sites is 1. The molecular formula is C16H17N3O3. The van der Waals surface area contributed by atoms with Crippen LogP contribution < -0.4 is 15.4 Å². The SMILES string of the molecule is O=C(NC1CC2CCC1N2)c1ncc(Oc2ccccc2)o1. The molecule has 4 rings (SSSR count). The van der Waals surface area contributed by atoms with Gasteiger partial charge in [-0.2, -0.15) is 0 Å². The van der Waals surface area contributed by atoms with Crippen LogP contribution in [0.5, 0.6) is 11.7 Å². The van der Waals surface area contributed by atoms with Gasteiger partial charge in [0.25, 0.3) is 5.89 Å². The zero-order valence-corrected chi connectivity index (χ0v) is 12.0. The first-order valence-corrected chi connectivity index (χ1v) is 7.53. The number of nitrogens with zero attached hydrogens (tertiary/aromatic N) is 1. The lowest BCUT2D eigenvalue weighted by atomic mass is 9.95. The van der Waals surface area contributed by atoms with E-state index in [-0.39, 0.29) is 23.8 Å². The topological polar surface area (TPSA) is 76.4 Å². The van der Waals surface area contributed by atoms with Crippen LogP contribution in [0.4, 0.5) is 0 Å². The van der Waals surface area contributed by atoms with Gasteiger partial charge in [-0.05, 0) is 31.4 Å². The third-order valence-corrected chi connectivity index (χ3v) is 4.26. The first-order valence-electron chi connectivity index (χ1n) is 7.53. The largest absolute Gasteiger partial charge is 0.425 e. The Bertz CT molecular complexity index is 670. The van der Waals surface area contributed by atoms with E-state index in [2.05, 4.69) is 15.6 Å². The summed E-state index contributed by atoms with van der Waals surface area (Å²) in [5.74, 6) is 0.598. The Hall–Kier alpha value is -2.34. The lowest BCUT2D eigenvalue weighted by Crippen LogP contribution is -2.43. The maximum absolute atomic E-state index is 12.2. The molecule has 0 radical (unpaired) electrons. The van der Waals surface area contributed by atoms with Crippen molar-refractivity contribution in [3.63, 3.8) is 0 Å². The predicted octanol–water partition coefficient (Wildman–Crippen LogP) is 2.09. The van der Waals surface area contributed by atoms with Gasteiger partial charge >= 0.3 is 11.9 Å². The molecule has 1 aromatic heterocycles. The van der Waals surface area contributed by atoms with E-state index in [1.165, 1.54) is 12.6 Å². The Balaban J connectivity index is 1.39. The molecule has 0 saturated carbocycles. The molecule has 2 N–H and O–H groups in total. The Morgan fingerprint density at radius 1 is 1.32 bits per heavy atom. The second-order valence-electron chi connectivity index (χ2n) is 5.76. The number of rotatable bonds is 4. The normalized spacial score (nSPS) is 26.1. The molecular weight excluding hydrogens is 282 g/mol. The maximum Gasteiger partial charge on any atom is 0.311 e. The molecule has 3 unspecified atom stereocenters. The number of hydrogen-bond acceptors (Lipinski definition) is 5. The Morgan fingerprint density at radius 2 is 2.18 bits per heavy atom. The average Bonchev–Trinajstić information content (AvgIpc) is 3.24. The monoisotopic (exact) mass is 299 g/mol. The van der Waals surface area contributed by atoms with Crippen molar-refractivity contribution in [2.45, 2.75) is 37.4 Å². The summed E-state index contributed by atoms with van der Waals surface area (Å²) in [6.07, 6.45) is 4.71. The number of carbonyl (C=O) groups excluding carboxylic acids is 1. The molecule has 0 spiro atoms. The van der Waals surface area contributed by atoms with Gasteiger partial charge in [0.2, 0.25) is 0 Å². The molecule has 2 aliphatic heterocycles. The summed E-state index contributed by atoms with van der Waals surface area (Å²) in [7, 11) is 0. The molecule has 2 fully saturated rings. The number of nitrogens with one attached hydrogen (secondary N) is 2. The van der Waals surface area contributed by atoms with Gasteiger partial charge in [-0.15, -0.1) is 0 Å². The molecule has 0 aliphatic carbocycles.